The van der Waals surface area contributed by atoms with Crippen LogP contribution >= 0.6 is 0 Å². The van der Waals surface area contributed by atoms with Crippen molar-refractivity contribution in [2.45, 2.75) is 38.3 Å². The lowest BCUT2D eigenvalue weighted by Gasteiger charge is -2.30. The highest BCUT2D eigenvalue weighted by Gasteiger charge is 2.23. The molecule has 0 saturated carbocycles. The second kappa shape index (κ2) is 5.54. The number of hydrogen-bond acceptors (Lipinski definition) is 2. The number of pyridine rings is 1. The Kier molecular flexibility index (Phi) is 3.60. The zero-order valence-electron chi connectivity index (χ0n) is 11.3. The van der Waals surface area contributed by atoms with Crippen LogP contribution in [0, 0.1) is 0 Å². The third-order valence-electron chi connectivity index (χ3n) is 4.05. The number of nitrogens with one attached hydrogen (secondary N) is 1. The van der Waals surface area contributed by atoms with Gasteiger partial charge in [-0.2, -0.15) is 0 Å². The Bertz CT molecular complexity index is 536. The first-order valence-corrected chi connectivity index (χ1v) is 7.06. The van der Waals surface area contributed by atoms with E-state index in [-0.39, 0.29) is 0 Å². The molecule has 1 N–H and O–H groups in total. The molecule has 0 bridgehead atoms. The average Bonchev–Trinajstić information content (AvgIpc) is 2.48. The molecular formula is C17H20N2. The summed E-state index contributed by atoms with van der Waals surface area (Å²) in [5.41, 5.74) is 4.09. The van der Waals surface area contributed by atoms with Gasteiger partial charge in [-0.1, -0.05) is 37.3 Å². The molecule has 1 aliphatic carbocycles. The van der Waals surface area contributed by atoms with Crippen LogP contribution in [0.25, 0.3) is 0 Å². The molecule has 0 fully saturated rings. The van der Waals surface area contributed by atoms with Gasteiger partial charge < -0.3 is 5.32 Å². The minimum absolute atomic E-state index is 0.467. The molecule has 1 aromatic heterocycles. The van der Waals surface area contributed by atoms with Crippen molar-refractivity contribution in [2.24, 2.45) is 0 Å². The Hall–Kier alpha value is -1.67. The molecule has 0 aliphatic heterocycles. The minimum atomic E-state index is 0.467. The Morgan fingerprint density at radius 1 is 1.05 bits per heavy atom. The molecule has 0 amide bonds. The van der Waals surface area contributed by atoms with E-state index in [1.165, 1.54) is 24.0 Å². The molecule has 19 heavy (non-hydrogen) atoms. The van der Waals surface area contributed by atoms with Gasteiger partial charge >= 0.3 is 0 Å². The third kappa shape index (κ3) is 2.69. The monoisotopic (exact) mass is 252 g/mol. The number of rotatable bonds is 3. The molecule has 2 atom stereocenters. The zero-order chi connectivity index (χ0) is 13.1. The van der Waals surface area contributed by atoms with Crippen molar-refractivity contribution in [3.8, 4) is 0 Å². The molecule has 98 valence electrons. The van der Waals surface area contributed by atoms with Crippen LogP contribution in [-0.2, 0) is 6.54 Å². The molecule has 0 saturated heterocycles. The summed E-state index contributed by atoms with van der Waals surface area (Å²) in [7, 11) is 0. The van der Waals surface area contributed by atoms with E-state index in [1.54, 1.807) is 0 Å². The van der Waals surface area contributed by atoms with E-state index in [0.29, 0.717) is 12.0 Å². The first-order chi connectivity index (χ1) is 9.34. The van der Waals surface area contributed by atoms with Crippen LogP contribution < -0.4 is 5.32 Å². The lowest BCUT2D eigenvalue weighted by Crippen LogP contribution is -2.26. The van der Waals surface area contributed by atoms with Crippen LogP contribution in [0.1, 0.15) is 48.5 Å². The van der Waals surface area contributed by atoms with Gasteiger partial charge in [-0.3, -0.25) is 4.98 Å². The first kappa shape index (κ1) is 12.4. The average molecular weight is 252 g/mol. The summed E-state index contributed by atoms with van der Waals surface area (Å²) in [5.74, 6) is 0.684. The number of benzene rings is 1. The van der Waals surface area contributed by atoms with Crippen molar-refractivity contribution in [1.29, 1.82) is 0 Å². The molecule has 1 heterocycles. The normalized spacial score (nSPS) is 21.9. The van der Waals surface area contributed by atoms with Crippen molar-refractivity contribution in [3.05, 3.63) is 65.5 Å². The Balaban J connectivity index is 1.74. The summed E-state index contributed by atoms with van der Waals surface area (Å²) in [4.78, 5) is 4.37. The standard InChI is InChI=1S/C17H20N2/c1-13-9-10-17(16-8-3-2-7-15(13)16)19-12-14-6-4-5-11-18-14/h2-8,11,13,17,19H,9-10,12H2,1H3. The van der Waals surface area contributed by atoms with Crippen molar-refractivity contribution in [1.82, 2.24) is 10.3 Å². The maximum Gasteiger partial charge on any atom is 0.0541 e. The van der Waals surface area contributed by atoms with E-state index in [1.807, 2.05) is 18.3 Å². The van der Waals surface area contributed by atoms with Gasteiger partial charge in [-0.05, 0) is 42.0 Å². The Morgan fingerprint density at radius 3 is 2.63 bits per heavy atom. The molecule has 3 rings (SSSR count). The molecule has 2 nitrogen and oxygen atoms in total. The van der Waals surface area contributed by atoms with Gasteiger partial charge in [0.15, 0.2) is 0 Å². The molecule has 2 heteroatoms. The van der Waals surface area contributed by atoms with E-state index in [2.05, 4.69) is 47.6 Å². The highest BCUT2D eigenvalue weighted by molar-refractivity contribution is 5.34. The Morgan fingerprint density at radius 2 is 1.84 bits per heavy atom. The largest absolute Gasteiger partial charge is 0.304 e. The van der Waals surface area contributed by atoms with Crippen molar-refractivity contribution < 1.29 is 0 Å². The van der Waals surface area contributed by atoms with E-state index in [9.17, 15) is 0 Å². The summed E-state index contributed by atoms with van der Waals surface area (Å²) in [6, 6.07) is 15.4. The summed E-state index contributed by atoms with van der Waals surface area (Å²) >= 11 is 0. The second-order valence-corrected chi connectivity index (χ2v) is 5.36. The lowest BCUT2D eigenvalue weighted by molar-refractivity contribution is 0.429. The predicted octanol–water partition coefficient (Wildman–Crippen LogP) is 3.81. The topological polar surface area (TPSA) is 24.9 Å². The SMILES string of the molecule is CC1CCC(NCc2ccccn2)c2ccccc21. The van der Waals surface area contributed by atoms with Gasteiger partial charge in [0.2, 0.25) is 0 Å². The number of fused-ring (bicyclic) bond motifs is 1. The van der Waals surface area contributed by atoms with Gasteiger partial charge in [0.05, 0.1) is 5.69 Å². The van der Waals surface area contributed by atoms with Crippen LogP contribution in [0.3, 0.4) is 0 Å². The molecule has 0 radical (unpaired) electrons. The highest BCUT2D eigenvalue weighted by atomic mass is 14.9. The fraction of sp³-hybridized carbons (Fsp3) is 0.353. The molecule has 2 unspecified atom stereocenters. The van der Waals surface area contributed by atoms with E-state index in [0.717, 1.165) is 12.2 Å². The van der Waals surface area contributed by atoms with Gasteiger partial charge in [0, 0.05) is 18.8 Å². The van der Waals surface area contributed by atoms with Crippen LogP contribution in [0.15, 0.2) is 48.7 Å². The minimum Gasteiger partial charge on any atom is -0.304 e. The van der Waals surface area contributed by atoms with E-state index in [4.69, 9.17) is 0 Å². The molecular weight excluding hydrogens is 232 g/mol. The smallest absolute Gasteiger partial charge is 0.0541 e. The summed E-state index contributed by atoms with van der Waals surface area (Å²) in [6.45, 7) is 3.17. The maximum absolute atomic E-state index is 4.37. The predicted molar refractivity (Wildman–Crippen MR) is 77.9 cm³/mol. The zero-order valence-corrected chi connectivity index (χ0v) is 11.3. The van der Waals surface area contributed by atoms with Crippen LogP contribution in [0.2, 0.25) is 0 Å². The van der Waals surface area contributed by atoms with E-state index >= 15 is 0 Å². The van der Waals surface area contributed by atoms with Crippen molar-refractivity contribution in [3.63, 3.8) is 0 Å². The fourth-order valence-corrected chi connectivity index (χ4v) is 2.95. The number of aromatic nitrogens is 1. The molecule has 1 aliphatic rings. The van der Waals surface area contributed by atoms with Crippen LogP contribution in [-0.4, -0.2) is 4.98 Å². The van der Waals surface area contributed by atoms with Crippen molar-refractivity contribution in [2.75, 3.05) is 0 Å². The van der Waals surface area contributed by atoms with Gasteiger partial charge in [0.1, 0.15) is 0 Å². The van der Waals surface area contributed by atoms with Crippen molar-refractivity contribution >= 4 is 0 Å². The first-order valence-electron chi connectivity index (χ1n) is 7.06. The number of nitrogens with zero attached hydrogens (tertiary/aromatic N) is 1. The van der Waals surface area contributed by atoms with Gasteiger partial charge in [0.25, 0.3) is 0 Å². The lowest BCUT2D eigenvalue weighted by atomic mass is 9.81. The maximum atomic E-state index is 4.37. The van der Waals surface area contributed by atoms with Crippen LogP contribution in [0.4, 0.5) is 0 Å². The van der Waals surface area contributed by atoms with Crippen LogP contribution in [0.5, 0.6) is 0 Å². The fourth-order valence-electron chi connectivity index (χ4n) is 2.95. The number of hydrogen-bond donors (Lipinski definition) is 1. The molecule has 0 spiro atoms. The third-order valence-corrected chi connectivity index (χ3v) is 4.05. The Labute approximate surface area is 114 Å². The van der Waals surface area contributed by atoms with Gasteiger partial charge in [-0.25, -0.2) is 0 Å². The quantitative estimate of drug-likeness (QED) is 0.898. The highest BCUT2D eigenvalue weighted by Crippen LogP contribution is 2.36. The van der Waals surface area contributed by atoms with E-state index < -0.39 is 0 Å². The summed E-state index contributed by atoms with van der Waals surface area (Å²) in [6.07, 6.45) is 4.33. The second-order valence-electron chi connectivity index (χ2n) is 5.36. The summed E-state index contributed by atoms with van der Waals surface area (Å²) in [5, 5.41) is 3.65. The summed E-state index contributed by atoms with van der Waals surface area (Å²) < 4.78 is 0. The van der Waals surface area contributed by atoms with Gasteiger partial charge in [-0.15, -0.1) is 0 Å². The molecule has 1 aromatic carbocycles. The molecule has 2 aromatic rings.